The number of fused-ring (bicyclic) bond motifs is 3. The molecule has 0 spiro atoms. The summed E-state index contributed by atoms with van der Waals surface area (Å²) in [6.45, 7) is 2.86. The highest BCUT2D eigenvalue weighted by atomic mass is 16.5. The molecule has 29 heavy (non-hydrogen) atoms. The van der Waals surface area contributed by atoms with Crippen LogP contribution in [0.25, 0.3) is 10.9 Å². The van der Waals surface area contributed by atoms with E-state index in [0.717, 1.165) is 35.9 Å². The molecule has 0 fully saturated rings. The SMILES string of the molecule is COc1ccc(CCNC(=O)c2cccc3c4c([nH]c23)CC[C@@H](C)C4)cc1OC. The molecule has 1 atom stereocenters. The van der Waals surface area contributed by atoms with Gasteiger partial charge in [-0.2, -0.15) is 0 Å². The highest BCUT2D eigenvalue weighted by Crippen LogP contribution is 2.33. The van der Waals surface area contributed by atoms with E-state index in [4.69, 9.17) is 9.47 Å². The van der Waals surface area contributed by atoms with Crippen molar-refractivity contribution in [1.82, 2.24) is 10.3 Å². The van der Waals surface area contributed by atoms with Crippen LogP contribution in [0.5, 0.6) is 11.5 Å². The van der Waals surface area contributed by atoms with Gasteiger partial charge in [0, 0.05) is 17.6 Å². The van der Waals surface area contributed by atoms with Crippen molar-refractivity contribution in [3.63, 3.8) is 0 Å². The number of hydrogen-bond acceptors (Lipinski definition) is 3. The van der Waals surface area contributed by atoms with Gasteiger partial charge in [-0.05, 0) is 60.9 Å². The summed E-state index contributed by atoms with van der Waals surface area (Å²) in [4.78, 5) is 16.4. The number of carbonyl (C=O) groups is 1. The number of hydrogen-bond donors (Lipinski definition) is 2. The molecule has 0 unspecified atom stereocenters. The van der Waals surface area contributed by atoms with Gasteiger partial charge in [-0.15, -0.1) is 0 Å². The number of nitrogens with one attached hydrogen (secondary N) is 2. The highest BCUT2D eigenvalue weighted by Gasteiger charge is 2.22. The number of ether oxygens (including phenoxy) is 2. The van der Waals surface area contributed by atoms with Crippen molar-refractivity contribution in [3.8, 4) is 11.5 Å². The third-order valence-corrected chi connectivity index (χ3v) is 5.86. The summed E-state index contributed by atoms with van der Waals surface area (Å²) in [6.07, 6.45) is 4.07. The lowest BCUT2D eigenvalue weighted by atomic mass is 9.87. The lowest BCUT2D eigenvalue weighted by molar-refractivity contribution is 0.0955. The van der Waals surface area contributed by atoms with Gasteiger partial charge >= 0.3 is 0 Å². The van der Waals surface area contributed by atoms with Crippen LogP contribution in [0.4, 0.5) is 0 Å². The Kier molecular flexibility index (Phi) is 5.47. The van der Waals surface area contributed by atoms with Gasteiger partial charge in [-0.25, -0.2) is 0 Å². The van der Waals surface area contributed by atoms with Crippen molar-refractivity contribution in [1.29, 1.82) is 0 Å². The van der Waals surface area contributed by atoms with Gasteiger partial charge in [0.1, 0.15) is 0 Å². The molecule has 2 aromatic carbocycles. The average Bonchev–Trinajstić information content (AvgIpc) is 3.11. The quantitative estimate of drug-likeness (QED) is 0.658. The molecule has 0 saturated carbocycles. The molecule has 1 aliphatic rings. The molecular formula is C24H28N2O3. The molecule has 1 aromatic heterocycles. The lowest BCUT2D eigenvalue weighted by Crippen LogP contribution is -2.26. The molecule has 5 heteroatoms. The van der Waals surface area contributed by atoms with Gasteiger partial charge in [-0.3, -0.25) is 4.79 Å². The van der Waals surface area contributed by atoms with E-state index >= 15 is 0 Å². The van der Waals surface area contributed by atoms with Crippen LogP contribution in [-0.2, 0) is 19.3 Å². The van der Waals surface area contributed by atoms with Crippen molar-refractivity contribution in [3.05, 3.63) is 58.8 Å². The van der Waals surface area contributed by atoms with E-state index in [0.29, 0.717) is 24.0 Å². The average molecular weight is 392 g/mol. The van der Waals surface area contributed by atoms with Crippen LogP contribution in [0.3, 0.4) is 0 Å². The molecule has 1 heterocycles. The van der Waals surface area contributed by atoms with Crippen molar-refractivity contribution < 1.29 is 14.3 Å². The van der Waals surface area contributed by atoms with Crippen LogP contribution in [0.1, 0.15) is 40.5 Å². The maximum Gasteiger partial charge on any atom is 0.253 e. The summed E-state index contributed by atoms with van der Waals surface area (Å²) in [7, 11) is 3.25. The summed E-state index contributed by atoms with van der Waals surface area (Å²) in [6, 6.07) is 11.9. The number of aryl methyl sites for hydroxylation is 1. The van der Waals surface area contributed by atoms with Crippen LogP contribution < -0.4 is 14.8 Å². The third kappa shape index (κ3) is 3.82. The molecule has 5 nitrogen and oxygen atoms in total. The Bertz CT molecular complexity index is 1040. The smallest absolute Gasteiger partial charge is 0.253 e. The second kappa shape index (κ2) is 8.19. The fraction of sp³-hybridized carbons (Fsp3) is 0.375. The monoisotopic (exact) mass is 392 g/mol. The molecule has 2 N–H and O–H groups in total. The molecule has 0 aliphatic heterocycles. The highest BCUT2D eigenvalue weighted by molar-refractivity contribution is 6.06. The first kappa shape index (κ1) is 19.4. The Morgan fingerprint density at radius 1 is 1.17 bits per heavy atom. The number of rotatable bonds is 6. The number of H-pyrrole nitrogens is 1. The van der Waals surface area contributed by atoms with E-state index in [1.54, 1.807) is 14.2 Å². The van der Waals surface area contributed by atoms with Crippen molar-refractivity contribution in [2.75, 3.05) is 20.8 Å². The Hall–Kier alpha value is -2.95. The first-order chi connectivity index (χ1) is 14.1. The second-order valence-electron chi connectivity index (χ2n) is 7.85. The largest absolute Gasteiger partial charge is 0.493 e. The molecule has 0 bridgehead atoms. The van der Waals surface area contributed by atoms with Gasteiger partial charge in [0.2, 0.25) is 0 Å². The number of aromatic nitrogens is 1. The van der Waals surface area contributed by atoms with Crippen LogP contribution >= 0.6 is 0 Å². The minimum atomic E-state index is -0.0391. The van der Waals surface area contributed by atoms with Gasteiger partial charge in [0.15, 0.2) is 11.5 Å². The summed E-state index contributed by atoms with van der Waals surface area (Å²) < 4.78 is 10.6. The van der Waals surface area contributed by atoms with Crippen LogP contribution in [0.2, 0.25) is 0 Å². The Labute approximate surface area is 171 Å². The number of methoxy groups -OCH3 is 2. The Morgan fingerprint density at radius 2 is 2.00 bits per heavy atom. The zero-order valence-electron chi connectivity index (χ0n) is 17.3. The lowest BCUT2D eigenvalue weighted by Gasteiger charge is -2.17. The molecule has 0 radical (unpaired) electrons. The maximum absolute atomic E-state index is 12.9. The maximum atomic E-state index is 12.9. The van der Waals surface area contributed by atoms with Crippen LogP contribution in [0.15, 0.2) is 36.4 Å². The molecule has 4 rings (SSSR count). The number of benzene rings is 2. The fourth-order valence-corrected chi connectivity index (χ4v) is 4.26. The Morgan fingerprint density at radius 3 is 2.79 bits per heavy atom. The molecule has 3 aromatic rings. The van der Waals surface area contributed by atoms with Crippen LogP contribution in [-0.4, -0.2) is 31.7 Å². The minimum absolute atomic E-state index is 0.0391. The molecule has 1 aliphatic carbocycles. The van der Waals surface area contributed by atoms with Crippen LogP contribution in [0, 0.1) is 5.92 Å². The molecular weight excluding hydrogens is 364 g/mol. The first-order valence-electron chi connectivity index (χ1n) is 10.2. The topological polar surface area (TPSA) is 63.3 Å². The predicted molar refractivity (Wildman–Crippen MR) is 115 cm³/mol. The van der Waals surface area contributed by atoms with Crippen molar-refractivity contribution >= 4 is 16.8 Å². The zero-order chi connectivity index (χ0) is 20.4. The predicted octanol–water partition coefficient (Wildman–Crippen LogP) is 4.28. The van der Waals surface area contributed by atoms with Crippen molar-refractivity contribution in [2.24, 2.45) is 5.92 Å². The third-order valence-electron chi connectivity index (χ3n) is 5.86. The molecule has 0 saturated heterocycles. The van der Waals surface area contributed by atoms with Gasteiger partial charge in [0.05, 0.1) is 25.3 Å². The van der Waals surface area contributed by atoms with E-state index in [1.807, 2.05) is 30.3 Å². The molecule has 1 amide bonds. The minimum Gasteiger partial charge on any atom is -0.493 e. The fourth-order valence-electron chi connectivity index (χ4n) is 4.26. The van der Waals surface area contributed by atoms with Crippen molar-refractivity contribution in [2.45, 2.75) is 32.6 Å². The Balaban J connectivity index is 1.47. The molecule has 152 valence electrons. The van der Waals surface area contributed by atoms with E-state index < -0.39 is 0 Å². The summed E-state index contributed by atoms with van der Waals surface area (Å²) in [5.74, 6) is 2.06. The van der Waals surface area contributed by atoms with E-state index in [-0.39, 0.29) is 5.91 Å². The normalized spacial score (nSPS) is 15.8. The number of carbonyl (C=O) groups excluding carboxylic acids is 1. The van der Waals surface area contributed by atoms with Gasteiger partial charge in [0.25, 0.3) is 5.91 Å². The van der Waals surface area contributed by atoms with Gasteiger partial charge in [-0.1, -0.05) is 25.1 Å². The standard InChI is InChI=1S/C24H28N2O3/c1-15-7-9-20-19(13-15)17-5-4-6-18(23(17)26-20)24(27)25-12-11-16-8-10-21(28-2)22(14-16)29-3/h4-6,8,10,14-15,26H,7,9,11-13H2,1-3H3,(H,25,27)/t15-/m1/s1. The summed E-state index contributed by atoms with van der Waals surface area (Å²) in [5, 5.41) is 4.26. The summed E-state index contributed by atoms with van der Waals surface area (Å²) in [5.41, 5.74) is 5.46. The van der Waals surface area contributed by atoms with E-state index in [2.05, 4.69) is 23.3 Å². The first-order valence-corrected chi connectivity index (χ1v) is 10.2. The summed E-state index contributed by atoms with van der Waals surface area (Å²) >= 11 is 0. The van der Waals surface area contributed by atoms with E-state index in [1.165, 1.54) is 23.1 Å². The number of aromatic amines is 1. The second-order valence-corrected chi connectivity index (χ2v) is 7.85. The number of para-hydroxylation sites is 1. The van der Waals surface area contributed by atoms with Gasteiger partial charge < -0.3 is 19.8 Å². The zero-order valence-corrected chi connectivity index (χ0v) is 17.3. The van der Waals surface area contributed by atoms with E-state index in [9.17, 15) is 4.79 Å². The number of amides is 1.